The summed E-state index contributed by atoms with van der Waals surface area (Å²) in [5, 5.41) is 5.52. The van der Waals surface area contributed by atoms with Crippen LogP contribution in [0.2, 0.25) is 0 Å². The number of rotatable bonds is 6. The van der Waals surface area contributed by atoms with Gasteiger partial charge in [-0.15, -0.1) is 11.3 Å². The second-order valence-corrected chi connectivity index (χ2v) is 7.70. The normalized spacial score (nSPS) is 11.0. The molecular formula is C22H20FN3O2S. The summed E-state index contributed by atoms with van der Waals surface area (Å²) in [7, 11) is 0. The van der Waals surface area contributed by atoms with E-state index in [0.29, 0.717) is 12.3 Å². The van der Waals surface area contributed by atoms with E-state index >= 15 is 0 Å². The number of furan rings is 1. The van der Waals surface area contributed by atoms with E-state index in [9.17, 15) is 9.18 Å². The Bertz CT molecular complexity index is 1140. The molecule has 0 spiro atoms. The molecule has 0 aliphatic rings. The predicted octanol–water partition coefficient (Wildman–Crippen LogP) is 4.81. The lowest BCUT2D eigenvalue weighted by Gasteiger charge is -2.09. The van der Waals surface area contributed by atoms with Crippen molar-refractivity contribution in [2.45, 2.75) is 26.8 Å². The number of halogens is 1. The number of thiazole rings is 1. The number of hydrogen-bond acceptors (Lipinski definition) is 4. The fourth-order valence-electron chi connectivity index (χ4n) is 3.35. The minimum absolute atomic E-state index is 0.104. The molecule has 0 saturated carbocycles. The van der Waals surface area contributed by atoms with Crippen molar-refractivity contribution in [3.05, 3.63) is 82.1 Å². The van der Waals surface area contributed by atoms with Crippen LogP contribution in [0.25, 0.3) is 16.9 Å². The SMILES string of the molecule is Cc1cc(-c2csc(CC(=O)NCc3ccco3)n2)c(C)n1-c1cccc(F)c1. The Labute approximate surface area is 171 Å². The minimum atomic E-state index is -0.270. The van der Waals surface area contributed by atoms with Crippen molar-refractivity contribution in [3.63, 3.8) is 0 Å². The van der Waals surface area contributed by atoms with E-state index in [2.05, 4.69) is 10.3 Å². The first kappa shape index (κ1) is 19.1. The molecule has 1 amide bonds. The summed E-state index contributed by atoms with van der Waals surface area (Å²) >= 11 is 1.45. The number of carbonyl (C=O) groups excluding carboxylic acids is 1. The van der Waals surface area contributed by atoms with E-state index in [0.717, 1.165) is 33.3 Å². The van der Waals surface area contributed by atoms with E-state index < -0.39 is 0 Å². The highest BCUT2D eigenvalue weighted by Crippen LogP contribution is 2.30. The fourth-order valence-corrected chi connectivity index (χ4v) is 4.14. The van der Waals surface area contributed by atoms with Crippen molar-refractivity contribution >= 4 is 17.2 Å². The Morgan fingerprint density at radius 1 is 1.24 bits per heavy atom. The molecule has 7 heteroatoms. The fraction of sp³-hybridized carbons (Fsp3) is 0.182. The Kier molecular flexibility index (Phi) is 5.31. The van der Waals surface area contributed by atoms with Gasteiger partial charge in [0.25, 0.3) is 0 Å². The van der Waals surface area contributed by atoms with Crippen LogP contribution >= 0.6 is 11.3 Å². The van der Waals surface area contributed by atoms with Crippen LogP contribution < -0.4 is 5.32 Å². The number of nitrogens with zero attached hydrogens (tertiary/aromatic N) is 2. The number of amides is 1. The summed E-state index contributed by atoms with van der Waals surface area (Å²) in [6.45, 7) is 4.33. The molecule has 0 atom stereocenters. The molecule has 4 rings (SSSR count). The summed E-state index contributed by atoms with van der Waals surface area (Å²) in [6.07, 6.45) is 1.79. The highest BCUT2D eigenvalue weighted by Gasteiger charge is 2.16. The zero-order chi connectivity index (χ0) is 20.4. The quantitative estimate of drug-likeness (QED) is 0.497. The highest BCUT2D eigenvalue weighted by molar-refractivity contribution is 7.10. The summed E-state index contributed by atoms with van der Waals surface area (Å²) in [6, 6.07) is 12.2. The lowest BCUT2D eigenvalue weighted by atomic mass is 10.2. The topological polar surface area (TPSA) is 60.1 Å². The second-order valence-electron chi connectivity index (χ2n) is 6.76. The number of carbonyl (C=O) groups is 1. The summed E-state index contributed by atoms with van der Waals surface area (Å²) in [5.74, 6) is 0.337. The van der Waals surface area contributed by atoms with Gasteiger partial charge in [0, 0.05) is 28.0 Å². The Morgan fingerprint density at radius 3 is 2.86 bits per heavy atom. The van der Waals surface area contributed by atoms with Crippen molar-refractivity contribution in [1.29, 1.82) is 0 Å². The van der Waals surface area contributed by atoms with E-state index in [1.807, 2.05) is 42.0 Å². The smallest absolute Gasteiger partial charge is 0.227 e. The first-order valence-corrected chi connectivity index (χ1v) is 10.1. The van der Waals surface area contributed by atoms with Gasteiger partial charge < -0.3 is 14.3 Å². The summed E-state index contributed by atoms with van der Waals surface area (Å²) < 4.78 is 20.9. The van der Waals surface area contributed by atoms with E-state index in [-0.39, 0.29) is 18.1 Å². The molecule has 0 aliphatic heterocycles. The van der Waals surface area contributed by atoms with Crippen molar-refractivity contribution in [1.82, 2.24) is 14.9 Å². The lowest BCUT2D eigenvalue weighted by molar-refractivity contribution is -0.120. The summed E-state index contributed by atoms with van der Waals surface area (Å²) in [5.41, 5.74) is 4.55. The van der Waals surface area contributed by atoms with Gasteiger partial charge in [-0.2, -0.15) is 0 Å². The van der Waals surface area contributed by atoms with Crippen LogP contribution in [0, 0.1) is 19.7 Å². The van der Waals surface area contributed by atoms with Gasteiger partial charge in [-0.3, -0.25) is 4.79 Å². The zero-order valence-corrected chi connectivity index (χ0v) is 16.9. The maximum Gasteiger partial charge on any atom is 0.227 e. The average molecular weight is 409 g/mol. The molecule has 0 unspecified atom stereocenters. The van der Waals surface area contributed by atoms with Gasteiger partial charge in [0.1, 0.15) is 16.6 Å². The molecule has 5 nitrogen and oxygen atoms in total. The van der Waals surface area contributed by atoms with Crippen LogP contribution in [-0.2, 0) is 17.8 Å². The molecule has 0 saturated heterocycles. The monoisotopic (exact) mass is 409 g/mol. The molecular weight excluding hydrogens is 389 g/mol. The van der Waals surface area contributed by atoms with E-state index in [1.165, 1.54) is 23.5 Å². The third-order valence-corrected chi connectivity index (χ3v) is 5.53. The average Bonchev–Trinajstić information content (AvgIpc) is 3.41. The molecule has 1 aromatic carbocycles. The molecule has 3 heterocycles. The van der Waals surface area contributed by atoms with Gasteiger partial charge in [-0.05, 0) is 50.2 Å². The zero-order valence-electron chi connectivity index (χ0n) is 16.1. The molecule has 29 heavy (non-hydrogen) atoms. The third-order valence-electron chi connectivity index (χ3n) is 4.68. The van der Waals surface area contributed by atoms with Crippen LogP contribution in [0.4, 0.5) is 4.39 Å². The van der Waals surface area contributed by atoms with Crippen molar-refractivity contribution in [2.24, 2.45) is 0 Å². The Morgan fingerprint density at radius 2 is 2.10 bits per heavy atom. The second kappa shape index (κ2) is 8.05. The molecule has 3 aromatic heterocycles. The molecule has 0 fully saturated rings. The van der Waals surface area contributed by atoms with Crippen molar-refractivity contribution in [3.8, 4) is 16.9 Å². The molecule has 4 aromatic rings. The van der Waals surface area contributed by atoms with E-state index in [1.54, 1.807) is 18.4 Å². The molecule has 0 bridgehead atoms. The number of aromatic nitrogens is 2. The molecule has 148 valence electrons. The Balaban J connectivity index is 1.51. The maximum atomic E-state index is 13.7. The van der Waals surface area contributed by atoms with Crippen molar-refractivity contribution < 1.29 is 13.6 Å². The third kappa shape index (κ3) is 4.14. The van der Waals surface area contributed by atoms with Gasteiger partial charge in [-0.25, -0.2) is 9.37 Å². The lowest BCUT2D eigenvalue weighted by Crippen LogP contribution is -2.24. The maximum absolute atomic E-state index is 13.7. The van der Waals surface area contributed by atoms with Crippen molar-refractivity contribution in [2.75, 3.05) is 0 Å². The highest BCUT2D eigenvalue weighted by atomic mass is 32.1. The number of nitrogens with one attached hydrogen (secondary N) is 1. The van der Waals surface area contributed by atoms with Gasteiger partial charge in [-0.1, -0.05) is 6.07 Å². The van der Waals surface area contributed by atoms with E-state index in [4.69, 9.17) is 4.42 Å². The van der Waals surface area contributed by atoms with Crippen LogP contribution in [-0.4, -0.2) is 15.5 Å². The Hall–Kier alpha value is -3.19. The van der Waals surface area contributed by atoms with Gasteiger partial charge in [0.2, 0.25) is 5.91 Å². The van der Waals surface area contributed by atoms with Gasteiger partial charge in [0.05, 0.1) is 24.9 Å². The number of aryl methyl sites for hydroxylation is 1. The van der Waals surface area contributed by atoms with Gasteiger partial charge >= 0.3 is 0 Å². The minimum Gasteiger partial charge on any atom is -0.467 e. The predicted molar refractivity (Wildman–Crippen MR) is 111 cm³/mol. The molecule has 1 N–H and O–H groups in total. The molecule has 0 aliphatic carbocycles. The first-order chi connectivity index (χ1) is 14.0. The standard InChI is InChI=1S/C22H20FN3O2S/c1-14-9-19(15(2)26(14)17-6-3-5-16(23)10-17)20-13-29-22(25-20)11-21(27)24-12-18-7-4-8-28-18/h3-10,13H,11-12H2,1-2H3,(H,24,27). The van der Waals surface area contributed by atoms with Crippen LogP contribution in [0.5, 0.6) is 0 Å². The van der Waals surface area contributed by atoms with Crippen LogP contribution in [0.15, 0.2) is 58.5 Å². The number of hydrogen-bond donors (Lipinski definition) is 1. The van der Waals surface area contributed by atoms with Crippen LogP contribution in [0.3, 0.4) is 0 Å². The molecule has 0 radical (unpaired) electrons. The van der Waals surface area contributed by atoms with Crippen LogP contribution in [0.1, 0.15) is 22.2 Å². The van der Waals surface area contributed by atoms with Gasteiger partial charge in [0.15, 0.2) is 0 Å². The first-order valence-electron chi connectivity index (χ1n) is 9.20. The summed E-state index contributed by atoms with van der Waals surface area (Å²) in [4.78, 5) is 16.8. The number of benzene rings is 1. The largest absolute Gasteiger partial charge is 0.467 e.